The summed E-state index contributed by atoms with van der Waals surface area (Å²) in [6, 6.07) is 20.7. The van der Waals surface area contributed by atoms with Crippen molar-refractivity contribution in [3.63, 3.8) is 0 Å². The number of benzene rings is 2. The van der Waals surface area contributed by atoms with Gasteiger partial charge in [-0.1, -0.05) is 74.0 Å². The van der Waals surface area contributed by atoms with E-state index in [2.05, 4.69) is 48.6 Å². The van der Waals surface area contributed by atoms with Crippen LogP contribution in [0.4, 0.5) is 0 Å². The highest BCUT2D eigenvalue weighted by Gasteiger charge is 2.44. The maximum absolute atomic E-state index is 12.7. The quantitative estimate of drug-likeness (QED) is 0.806. The molecule has 0 heterocycles. The van der Waals surface area contributed by atoms with Gasteiger partial charge in [-0.2, -0.15) is 0 Å². The summed E-state index contributed by atoms with van der Waals surface area (Å²) in [5.74, 6) is 0.132. The molecule has 1 aliphatic rings. The van der Waals surface area contributed by atoms with Gasteiger partial charge < -0.3 is 5.32 Å². The zero-order chi connectivity index (χ0) is 16.1. The predicted octanol–water partition coefficient (Wildman–Crippen LogP) is 4.42. The number of hydrogen-bond donors (Lipinski definition) is 1. The molecule has 2 aromatic rings. The van der Waals surface area contributed by atoms with Gasteiger partial charge in [-0.3, -0.25) is 4.79 Å². The van der Waals surface area contributed by atoms with Gasteiger partial charge in [-0.05, 0) is 30.4 Å². The normalized spacial score (nSPS) is 16.6. The minimum absolute atomic E-state index is 0.0345. The lowest BCUT2D eigenvalue weighted by molar-refractivity contribution is -0.122. The molecule has 1 aliphatic carbocycles. The SMILES string of the molecule is CCCC(C(=O)NCC1(c2ccccc2)CC1)c1ccccc1. The van der Waals surface area contributed by atoms with Gasteiger partial charge >= 0.3 is 0 Å². The van der Waals surface area contributed by atoms with Crippen LogP contribution in [0.25, 0.3) is 0 Å². The Morgan fingerprint density at radius 3 is 2.22 bits per heavy atom. The molecule has 0 radical (unpaired) electrons. The standard InChI is InChI=1S/C21H25NO/c1-2-9-19(17-10-5-3-6-11-17)20(23)22-16-21(14-15-21)18-12-7-4-8-13-18/h3-8,10-13,19H,2,9,14-16H2,1H3,(H,22,23). The van der Waals surface area contributed by atoms with E-state index in [1.54, 1.807) is 0 Å². The number of nitrogens with one attached hydrogen (secondary N) is 1. The first kappa shape index (κ1) is 15.8. The average molecular weight is 307 g/mol. The second kappa shape index (κ2) is 6.99. The van der Waals surface area contributed by atoms with Crippen LogP contribution >= 0.6 is 0 Å². The van der Waals surface area contributed by atoms with Crippen LogP contribution in [-0.2, 0) is 10.2 Å². The fourth-order valence-corrected chi connectivity index (χ4v) is 3.31. The lowest BCUT2D eigenvalue weighted by Crippen LogP contribution is -2.35. The third-order valence-corrected chi connectivity index (χ3v) is 4.94. The van der Waals surface area contributed by atoms with Crippen LogP contribution in [0.15, 0.2) is 60.7 Å². The van der Waals surface area contributed by atoms with E-state index >= 15 is 0 Å². The van der Waals surface area contributed by atoms with Crippen molar-refractivity contribution < 1.29 is 4.79 Å². The fourth-order valence-electron chi connectivity index (χ4n) is 3.31. The molecule has 120 valence electrons. The summed E-state index contributed by atoms with van der Waals surface area (Å²) in [4.78, 5) is 12.7. The Morgan fingerprint density at radius 1 is 1.04 bits per heavy atom. The van der Waals surface area contributed by atoms with Gasteiger partial charge in [0.25, 0.3) is 0 Å². The largest absolute Gasteiger partial charge is 0.355 e. The van der Waals surface area contributed by atoms with Crippen molar-refractivity contribution in [1.29, 1.82) is 0 Å². The molecule has 1 atom stereocenters. The van der Waals surface area contributed by atoms with E-state index in [1.807, 2.05) is 24.3 Å². The molecule has 1 unspecified atom stereocenters. The van der Waals surface area contributed by atoms with Crippen LogP contribution in [0.1, 0.15) is 49.7 Å². The topological polar surface area (TPSA) is 29.1 Å². The number of rotatable bonds is 7. The van der Waals surface area contributed by atoms with E-state index in [-0.39, 0.29) is 17.2 Å². The molecule has 23 heavy (non-hydrogen) atoms. The molecular weight excluding hydrogens is 282 g/mol. The van der Waals surface area contributed by atoms with Crippen LogP contribution in [0.5, 0.6) is 0 Å². The van der Waals surface area contributed by atoms with Crippen LogP contribution in [0.3, 0.4) is 0 Å². The summed E-state index contributed by atoms with van der Waals surface area (Å²) in [5.41, 5.74) is 2.65. The Labute approximate surface area is 138 Å². The first-order valence-electron chi connectivity index (χ1n) is 8.63. The Balaban J connectivity index is 1.66. The van der Waals surface area contributed by atoms with E-state index < -0.39 is 0 Å². The number of carbonyl (C=O) groups is 1. The highest BCUT2D eigenvalue weighted by Crippen LogP contribution is 2.47. The van der Waals surface area contributed by atoms with Gasteiger partial charge in [0.05, 0.1) is 5.92 Å². The maximum Gasteiger partial charge on any atom is 0.227 e. The molecule has 1 saturated carbocycles. The Kier molecular flexibility index (Phi) is 4.80. The van der Waals surface area contributed by atoms with Gasteiger partial charge in [-0.25, -0.2) is 0 Å². The average Bonchev–Trinajstić information content (AvgIpc) is 3.40. The van der Waals surface area contributed by atoms with E-state index in [0.717, 1.165) is 24.9 Å². The summed E-state index contributed by atoms with van der Waals surface area (Å²) in [7, 11) is 0. The maximum atomic E-state index is 12.7. The lowest BCUT2D eigenvalue weighted by Gasteiger charge is -2.20. The molecule has 1 N–H and O–H groups in total. The second-order valence-corrected chi connectivity index (χ2v) is 6.62. The highest BCUT2D eigenvalue weighted by molar-refractivity contribution is 5.83. The van der Waals surface area contributed by atoms with Crippen molar-refractivity contribution in [1.82, 2.24) is 5.32 Å². The number of carbonyl (C=O) groups excluding carboxylic acids is 1. The van der Waals surface area contributed by atoms with Crippen molar-refractivity contribution in [3.8, 4) is 0 Å². The molecule has 0 aliphatic heterocycles. The minimum atomic E-state index is -0.0345. The van der Waals surface area contributed by atoms with Crippen molar-refractivity contribution >= 4 is 5.91 Å². The van der Waals surface area contributed by atoms with E-state index in [9.17, 15) is 4.79 Å². The summed E-state index contributed by atoms with van der Waals surface area (Å²) in [6.07, 6.45) is 4.24. The van der Waals surface area contributed by atoms with Gasteiger partial charge in [0, 0.05) is 12.0 Å². The highest BCUT2D eigenvalue weighted by atomic mass is 16.1. The Bertz CT molecular complexity index is 631. The molecule has 0 aromatic heterocycles. The first-order chi connectivity index (χ1) is 11.2. The van der Waals surface area contributed by atoms with Crippen LogP contribution in [-0.4, -0.2) is 12.5 Å². The zero-order valence-corrected chi connectivity index (χ0v) is 13.8. The summed E-state index contributed by atoms with van der Waals surface area (Å²) >= 11 is 0. The fraction of sp³-hybridized carbons (Fsp3) is 0.381. The van der Waals surface area contributed by atoms with Crippen molar-refractivity contribution in [2.75, 3.05) is 6.54 Å². The molecule has 3 rings (SSSR count). The molecule has 2 heteroatoms. The molecular formula is C21H25NO. The van der Waals surface area contributed by atoms with Gasteiger partial charge in [0.15, 0.2) is 0 Å². The van der Waals surface area contributed by atoms with Crippen LogP contribution < -0.4 is 5.32 Å². The smallest absolute Gasteiger partial charge is 0.227 e. The van der Waals surface area contributed by atoms with Crippen LogP contribution in [0, 0.1) is 0 Å². The molecule has 2 nitrogen and oxygen atoms in total. The van der Waals surface area contributed by atoms with Gasteiger partial charge in [-0.15, -0.1) is 0 Å². The van der Waals surface area contributed by atoms with Gasteiger partial charge in [0.1, 0.15) is 0 Å². The van der Waals surface area contributed by atoms with E-state index in [0.29, 0.717) is 0 Å². The second-order valence-electron chi connectivity index (χ2n) is 6.62. The molecule has 0 saturated heterocycles. The third-order valence-electron chi connectivity index (χ3n) is 4.94. The lowest BCUT2D eigenvalue weighted by atomic mass is 9.92. The van der Waals surface area contributed by atoms with Crippen molar-refractivity contribution in [3.05, 3.63) is 71.8 Å². The van der Waals surface area contributed by atoms with Crippen molar-refractivity contribution in [2.45, 2.75) is 43.9 Å². The van der Waals surface area contributed by atoms with Gasteiger partial charge in [0.2, 0.25) is 5.91 Å². The Morgan fingerprint density at radius 2 is 1.65 bits per heavy atom. The van der Waals surface area contributed by atoms with Crippen LogP contribution in [0.2, 0.25) is 0 Å². The zero-order valence-electron chi connectivity index (χ0n) is 13.8. The molecule has 0 spiro atoms. The molecule has 1 amide bonds. The molecule has 1 fully saturated rings. The number of hydrogen-bond acceptors (Lipinski definition) is 1. The molecule has 0 bridgehead atoms. The summed E-state index contributed by atoms with van der Waals surface area (Å²) in [5, 5.41) is 3.23. The first-order valence-corrected chi connectivity index (χ1v) is 8.63. The summed E-state index contributed by atoms with van der Waals surface area (Å²) < 4.78 is 0. The van der Waals surface area contributed by atoms with E-state index in [1.165, 1.54) is 18.4 Å². The summed E-state index contributed by atoms with van der Waals surface area (Å²) in [6.45, 7) is 2.89. The predicted molar refractivity (Wildman–Crippen MR) is 94.5 cm³/mol. The number of amides is 1. The monoisotopic (exact) mass is 307 g/mol. The van der Waals surface area contributed by atoms with E-state index in [4.69, 9.17) is 0 Å². The minimum Gasteiger partial charge on any atom is -0.355 e. The Hall–Kier alpha value is -2.09. The third kappa shape index (κ3) is 3.64. The van der Waals surface area contributed by atoms with Crippen molar-refractivity contribution in [2.24, 2.45) is 0 Å². The molecule has 2 aromatic carbocycles.